The lowest BCUT2D eigenvalue weighted by atomic mass is 10.2. The van der Waals surface area contributed by atoms with Crippen molar-refractivity contribution in [2.45, 2.75) is 12.8 Å². The fraction of sp³-hybridized carbons (Fsp3) is 0.300. The number of nitrogens with zero attached hydrogens (tertiary/aromatic N) is 1. The highest BCUT2D eigenvalue weighted by Crippen LogP contribution is 2.17. The highest BCUT2D eigenvalue weighted by Gasteiger charge is 2.19. The average Bonchev–Trinajstić information content (AvgIpc) is 3.21. The van der Waals surface area contributed by atoms with Crippen LogP contribution in [0.2, 0.25) is 0 Å². The summed E-state index contributed by atoms with van der Waals surface area (Å²) < 4.78 is 5.15. The van der Waals surface area contributed by atoms with E-state index in [9.17, 15) is 9.59 Å². The monoisotopic (exact) mass is 353 g/mol. The van der Waals surface area contributed by atoms with Gasteiger partial charge in [-0.05, 0) is 49.2 Å². The second-order valence-corrected chi connectivity index (χ2v) is 6.21. The van der Waals surface area contributed by atoms with Gasteiger partial charge in [-0.2, -0.15) is 0 Å². The van der Waals surface area contributed by atoms with E-state index in [0.717, 1.165) is 37.4 Å². The first kappa shape index (κ1) is 17.8. The van der Waals surface area contributed by atoms with Crippen molar-refractivity contribution in [2.75, 3.05) is 37.4 Å². The Morgan fingerprint density at radius 3 is 2.46 bits per heavy atom. The van der Waals surface area contributed by atoms with Gasteiger partial charge in [0, 0.05) is 36.1 Å². The number of likely N-dealkylation sites (tertiary alicyclic amines) is 1. The van der Waals surface area contributed by atoms with Crippen LogP contribution in [0.5, 0.6) is 5.75 Å². The molecule has 1 fully saturated rings. The zero-order valence-electron chi connectivity index (χ0n) is 14.8. The van der Waals surface area contributed by atoms with Crippen LogP contribution >= 0.6 is 0 Å². The van der Waals surface area contributed by atoms with Crippen molar-refractivity contribution in [3.8, 4) is 5.75 Å². The maximum absolute atomic E-state index is 12.3. The molecule has 1 aliphatic heterocycles. The molecule has 136 valence electrons. The van der Waals surface area contributed by atoms with E-state index >= 15 is 0 Å². The third kappa shape index (κ3) is 4.53. The zero-order valence-corrected chi connectivity index (χ0v) is 14.8. The number of carbonyl (C=O) groups is 2. The number of hydrogen-bond donors (Lipinski definition) is 2. The maximum atomic E-state index is 12.3. The van der Waals surface area contributed by atoms with Crippen LogP contribution in [-0.4, -0.2) is 43.5 Å². The smallest absolute Gasteiger partial charge is 0.253 e. The largest absolute Gasteiger partial charge is 0.497 e. The minimum absolute atomic E-state index is 0.0556. The molecule has 3 rings (SSSR count). The third-order valence-electron chi connectivity index (χ3n) is 4.33. The van der Waals surface area contributed by atoms with Crippen LogP contribution in [0.4, 0.5) is 11.4 Å². The predicted octanol–water partition coefficient (Wildman–Crippen LogP) is 2.98. The van der Waals surface area contributed by atoms with E-state index in [1.54, 1.807) is 31.4 Å². The maximum Gasteiger partial charge on any atom is 0.253 e. The minimum atomic E-state index is -0.161. The third-order valence-corrected chi connectivity index (χ3v) is 4.33. The Morgan fingerprint density at radius 1 is 1.04 bits per heavy atom. The molecule has 0 aromatic heterocycles. The molecular weight excluding hydrogens is 330 g/mol. The molecule has 26 heavy (non-hydrogen) atoms. The van der Waals surface area contributed by atoms with E-state index in [0.29, 0.717) is 11.3 Å². The van der Waals surface area contributed by atoms with Gasteiger partial charge in [0.25, 0.3) is 5.91 Å². The van der Waals surface area contributed by atoms with Crippen molar-refractivity contribution in [3.63, 3.8) is 0 Å². The Balaban J connectivity index is 1.51. The van der Waals surface area contributed by atoms with Gasteiger partial charge < -0.3 is 20.3 Å². The highest BCUT2D eigenvalue weighted by molar-refractivity contribution is 5.96. The molecule has 2 aromatic rings. The van der Waals surface area contributed by atoms with Crippen LogP contribution in [0, 0.1) is 0 Å². The number of carbonyl (C=O) groups excluding carboxylic acids is 2. The molecule has 1 saturated heterocycles. The van der Waals surface area contributed by atoms with Gasteiger partial charge in [-0.1, -0.05) is 6.07 Å². The Labute approximate surface area is 153 Å². The van der Waals surface area contributed by atoms with Gasteiger partial charge in [0.1, 0.15) is 5.75 Å². The first-order valence-corrected chi connectivity index (χ1v) is 8.73. The van der Waals surface area contributed by atoms with E-state index in [1.165, 1.54) is 0 Å². The van der Waals surface area contributed by atoms with Gasteiger partial charge in [0.05, 0.1) is 13.7 Å². The lowest BCUT2D eigenvalue weighted by molar-refractivity contribution is -0.114. The summed E-state index contributed by atoms with van der Waals surface area (Å²) in [4.78, 5) is 26.3. The molecule has 1 heterocycles. The minimum Gasteiger partial charge on any atom is -0.497 e. The molecule has 0 spiro atoms. The molecule has 2 aromatic carbocycles. The number of hydrogen-bond acceptors (Lipinski definition) is 4. The van der Waals surface area contributed by atoms with Gasteiger partial charge in [-0.25, -0.2) is 0 Å². The summed E-state index contributed by atoms with van der Waals surface area (Å²) in [5, 5.41) is 5.87. The fourth-order valence-electron chi connectivity index (χ4n) is 2.92. The molecular formula is C20H23N3O3. The number of anilines is 2. The molecule has 6 nitrogen and oxygen atoms in total. The van der Waals surface area contributed by atoms with E-state index in [4.69, 9.17) is 4.74 Å². The summed E-state index contributed by atoms with van der Waals surface area (Å²) in [5.74, 6) is 0.625. The molecule has 6 heteroatoms. The molecule has 2 amide bonds. The standard InChI is InChI=1S/C20H23N3O3/c1-26-18-6-4-5-17(13-18)21-14-19(24)22-16-9-7-15(8-10-16)20(25)23-11-2-3-12-23/h4-10,13,21H,2-3,11-12,14H2,1H3,(H,22,24). The predicted molar refractivity (Wildman–Crippen MR) is 102 cm³/mol. The van der Waals surface area contributed by atoms with Gasteiger partial charge in [-0.3, -0.25) is 9.59 Å². The van der Waals surface area contributed by atoms with Crippen molar-refractivity contribution in [1.29, 1.82) is 0 Å². The van der Waals surface area contributed by atoms with Crippen LogP contribution < -0.4 is 15.4 Å². The lowest BCUT2D eigenvalue weighted by Gasteiger charge is -2.15. The number of nitrogens with one attached hydrogen (secondary N) is 2. The van der Waals surface area contributed by atoms with Gasteiger partial charge >= 0.3 is 0 Å². The van der Waals surface area contributed by atoms with Crippen molar-refractivity contribution >= 4 is 23.2 Å². The highest BCUT2D eigenvalue weighted by atomic mass is 16.5. The van der Waals surface area contributed by atoms with Gasteiger partial charge in [0.2, 0.25) is 5.91 Å². The first-order valence-electron chi connectivity index (χ1n) is 8.73. The summed E-state index contributed by atoms with van der Waals surface area (Å²) in [6.45, 7) is 1.79. The van der Waals surface area contributed by atoms with Gasteiger partial charge in [-0.15, -0.1) is 0 Å². The summed E-state index contributed by atoms with van der Waals surface area (Å²) in [6.07, 6.45) is 2.14. The number of benzene rings is 2. The molecule has 0 radical (unpaired) electrons. The average molecular weight is 353 g/mol. The first-order chi connectivity index (χ1) is 12.7. The Kier molecular flexibility index (Phi) is 5.73. The van der Waals surface area contributed by atoms with Crippen LogP contribution in [0.1, 0.15) is 23.2 Å². The molecule has 0 saturated carbocycles. The summed E-state index contributed by atoms with van der Waals surface area (Å²) in [6, 6.07) is 14.4. The SMILES string of the molecule is COc1cccc(NCC(=O)Nc2ccc(C(=O)N3CCCC3)cc2)c1. The van der Waals surface area contributed by atoms with E-state index < -0.39 is 0 Å². The fourth-order valence-corrected chi connectivity index (χ4v) is 2.92. The van der Waals surface area contributed by atoms with Crippen LogP contribution in [-0.2, 0) is 4.79 Å². The molecule has 0 atom stereocenters. The number of ether oxygens (including phenoxy) is 1. The Hall–Kier alpha value is -3.02. The zero-order chi connectivity index (χ0) is 18.4. The Bertz CT molecular complexity index is 768. The molecule has 0 bridgehead atoms. The van der Waals surface area contributed by atoms with E-state index in [2.05, 4.69) is 10.6 Å². The normalized spacial score (nSPS) is 13.3. The number of rotatable bonds is 6. The van der Waals surface area contributed by atoms with Crippen LogP contribution in [0.3, 0.4) is 0 Å². The van der Waals surface area contributed by atoms with E-state index in [-0.39, 0.29) is 18.4 Å². The molecule has 1 aliphatic rings. The Morgan fingerprint density at radius 2 is 1.77 bits per heavy atom. The molecule has 2 N–H and O–H groups in total. The number of amides is 2. The summed E-state index contributed by atoms with van der Waals surface area (Å²) in [5.41, 5.74) is 2.13. The van der Waals surface area contributed by atoms with Crippen molar-refractivity contribution < 1.29 is 14.3 Å². The second kappa shape index (κ2) is 8.38. The quantitative estimate of drug-likeness (QED) is 0.838. The van der Waals surface area contributed by atoms with E-state index in [1.807, 2.05) is 29.2 Å². The van der Waals surface area contributed by atoms with Crippen LogP contribution in [0.15, 0.2) is 48.5 Å². The summed E-state index contributed by atoms with van der Waals surface area (Å²) in [7, 11) is 1.60. The van der Waals surface area contributed by atoms with Crippen molar-refractivity contribution in [1.82, 2.24) is 4.90 Å². The van der Waals surface area contributed by atoms with Crippen LogP contribution in [0.25, 0.3) is 0 Å². The lowest BCUT2D eigenvalue weighted by Crippen LogP contribution is -2.27. The van der Waals surface area contributed by atoms with Gasteiger partial charge in [0.15, 0.2) is 0 Å². The van der Waals surface area contributed by atoms with Crippen molar-refractivity contribution in [2.24, 2.45) is 0 Å². The molecule has 0 unspecified atom stereocenters. The summed E-state index contributed by atoms with van der Waals surface area (Å²) >= 11 is 0. The molecule has 0 aliphatic carbocycles. The van der Waals surface area contributed by atoms with Crippen molar-refractivity contribution in [3.05, 3.63) is 54.1 Å². The second-order valence-electron chi connectivity index (χ2n) is 6.21. The number of methoxy groups -OCH3 is 1. The topological polar surface area (TPSA) is 70.7 Å².